The monoisotopic (exact) mass is 312 g/mol. The van der Waals surface area contributed by atoms with Crippen LogP contribution in [0.4, 0.5) is 13.2 Å². The van der Waals surface area contributed by atoms with Crippen molar-refractivity contribution in [3.05, 3.63) is 47.1 Å². The minimum atomic E-state index is -4.57. The van der Waals surface area contributed by atoms with Crippen LogP contribution >= 0.6 is 11.6 Å². The van der Waals surface area contributed by atoms with Crippen molar-refractivity contribution in [3.63, 3.8) is 0 Å². The zero-order valence-electron chi connectivity index (χ0n) is 10.7. The number of pyridine rings is 1. The number of aromatic nitrogens is 4. The van der Waals surface area contributed by atoms with Crippen molar-refractivity contribution in [2.75, 3.05) is 0 Å². The Morgan fingerprint density at radius 1 is 1.29 bits per heavy atom. The third-order valence-electron chi connectivity index (χ3n) is 2.96. The third kappa shape index (κ3) is 2.33. The van der Waals surface area contributed by atoms with Crippen LogP contribution in [0.2, 0.25) is 5.15 Å². The van der Waals surface area contributed by atoms with Gasteiger partial charge < -0.3 is 0 Å². The molecule has 3 heterocycles. The van der Waals surface area contributed by atoms with Crippen molar-refractivity contribution < 1.29 is 13.2 Å². The van der Waals surface area contributed by atoms with Gasteiger partial charge in [-0.05, 0) is 13.0 Å². The second-order valence-electron chi connectivity index (χ2n) is 4.40. The second-order valence-corrected chi connectivity index (χ2v) is 4.79. The van der Waals surface area contributed by atoms with Gasteiger partial charge in [-0.3, -0.25) is 4.98 Å². The van der Waals surface area contributed by atoms with Crippen molar-refractivity contribution in [2.24, 2.45) is 0 Å². The molecule has 0 aliphatic heterocycles. The number of aryl methyl sites for hydroxylation is 1. The lowest BCUT2D eigenvalue weighted by Gasteiger charge is -2.07. The molecular formula is C13H8ClF3N4. The number of hydrogen-bond donors (Lipinski definition) is 0. The molecule has 0 amide bonds. The van der Waals surface area contributed by atoms with Crippen molar-refractivity contribution >= 4 is 17.2 Å². The van der Waals surface area contributed by atoms with E-state index in [9.17, 15) is 13.2 Å². The van der Waals surface area contributed by atoms with Gasteiger partial charge in [-0.25, -0.2) is 9.50 Å². The summed E-state index contributed by atoms with van der Waals surface area (Å²) in [5.74, 6) is 0. The summed E-state index contributed by atoms with van der Waals surface area (Å²) in [6.07, 6.45) is -1.46. The Bertz CT molecular complexity index is 812. The van der Waals surface area contributed by atoms with Crippen LogP contribution < -0.4 is 0 Å². The van der Waals surface area contributed by atoms with Crippen LogP contribution in [0, 0.1) is 6.92 Å². The molecule has 21 heavy (non-hydrogen) atoms. The van der Waals surface area contributed by atoms with Crippen LogP contribution in [0.1, 0.15) is 11.4 Å². The number of nitrogens with zero attached hydrogens (tertiary/aromatic N) is 4. The largest absolute Gasteiger partial charge is 0.433 e. The topological polar surface area (TPSA) is 43.1 Å². The first kappa shape index (κ1) is 13.8. The second kappa shape index (κ2) is 4.70. The van der Waals surface area contributed by atoms with Gasteiger partial charge >= 0.3 is 6.18 Å². The lowest BCUT2D eigenvalue weighted by Crippen LogP contribution is -2.10. The summed E-state index contributed by atoms with van der Waals surface area (Å²) in [6.45, 7) is 1.68. The molecule has 3 aromatic rings. The first-order valence-corrected chi connectivity index (χ1v) is 6.29. The molecule has 0 fully saturated rings. The highest BCUT2D eigenvalue weighted by atomic mass is 35.5. The molecule has 0 aliphatic carbocycles. The predicted molar refractivity (Wildman–Crippen MR) is 71.0 cm³/mol. The number of halogens is 4. The van der Waals surface area contributed by atoms with Crippen LogP contribution in [0.3, 0.4) is 0 Å². The molecule has 0 bridgehead atoms. The van der Waals surface area contributed by atoms with Gasteiger partial charge in [0, 0.05) is 24.0 Å². The minimum Gasteiger partial charge on any atom is -0.264 e. The molecule has 4 nitrogen and oxygen atoms in total. The Balaban J connectivity index is 2.35. The molecule has 0 atom stereocenters. The normalized spacial score (nSPS) is 12.0. The van der Waals surface area contributed by atoms with Gasteiger partial charge in [0.25, 0.3) is 0 Å². The minimum absolute atomic E-state index is 0.0559. The Labute approximate surface area is 122 Å². The molecule has 0 spiro atoms. The first-order valence-electron chi connectivity index (χ1n) is 5.91. The van der Waals surface area contributed by atoms with E-state index >= 15 is 0 Å². The van der Waals surface area contributed by atoms with Crippen molar-refractivity contribution in [2.45, 2.75) is 13.1 Å². The molecule has 0 saturated heterocycles. The molecule has 0 N–H and O–H groups in total. The number of alkyl halides is 3. The van der Waals surface area contributed by atoms with Crippen LogP contribution in [0.15, 0.2) is 30.6 Å². The van der Waals surface area contributed by atoms with E-state index in [2.05, 4.69) is 15.1 Å². The maximum atomic E-state index is 12.9. The number of hydrogen-bond acceptors (Lipinski definition) is 3. The zero-order valence-corrected chi connectivity index (χ0v) is 11.4. The highest BCUT2D eigenvalue weighted by Gasteiger charge is 2.34. The van der Waals surface area contributed by atoms with Crippen LogP contribution in [-0.2, 0) is 6.18 Å². The Kier molecular flexibility index (Phi) is 3.09. The van der Waals surface area contributed by atoms with E-state index in [4.69, 9.17) is 11.6 Å². The molecule has 0 unspecified atom stereocenters. The molecular weight excluding hydrogens is 305 g/mol. The van der Waals surface area contributed by atoms with E-state index in [1.54, 1.807) is 31.5 Å². The summed E-state index contributed by atoms with van der Waals surface area (Å²) in [4.78, 5) is 7.63. The molecule has 108 valence electrons. The first-order chi connectivity index (χ1) is 9.88. The lowest BCUT2D eigenvalue weighted by molar-refractivity contribution is -0.141. The van der Waals surface area contributed by atoms with Crippen LogP contribution in [0.25, 0.3) is 16.8 Å². The Hall–Kier alpha value is -2.15. The van der Waals surface area contributed by atoms with E-state index in [1.807, 2.05) is 0 Å². The molecule has 0 saturated carbocycles. The number of rotatable bonds is 1. The van der Waals surface area contributed by atoms with Gasteiger partial charge in [0.2, 0.25) is 0 Å². The highest BCUT2D eigenvalue weighted by Crippen LogP contribution is 2.33. The summed E-state index contributed by atoms with van der Waals surface area (Å²) in [7, 11) is 0. The summed E-state index contributed by atoms with van der Waals surface area (Å²) < 4.78 is 39.8. The van der Waals surface area contributed by atoms with E-state index in [-0.39, 0.29) is 10.8 Å². The fourth-order valence-corrected chi connectivity index (χ4v) is 2.30. The SMILES string of the molecule is Cc1nn2c(Cl)cc(C(F)(F)F)nc2c1-c1cccnc1. The van der Waals surface area contributed by atoms with Crippen molar-refractivity contribution in [1.82, 2.24) is 19.6 Å². The van der Waals surface area contributed by atoms with E-state index in [0.29, 0.717) is 16.8 Å². The molecule has 0 aliphatic rings. The van der Waals surface area contributed by atoms with Gasteiger partial charge in [-0.15, -0.1) is 0 Å². The van der Waals surface area contributed by atoms with E-state index in [1.165, 1.54) is 4.52 Å². The molecule has 3 aromatic heterocycles. The Morgan fingerprint density at radius 2 is 2.05 bits per heavy atom. The maximum absolute atomic E-state index is 12.9. The van der Waals surface area contributed by atoms with Crippen LogP contribution in [-0.4, -0.2) is 19.6 Å². The van der Waals surface area contributed by atoms with Gasteiger partial charge in [0.1, 0.15) is 10.8 Å². The van der Waals surface area contributed by atoms with Gasteiger partial charge in [-0.1, -0.05) is 17.7 Å². The van der Waals surface area contributed by atoms with E-state index in [0.717, 1.165) is 6.07 Å². The zero-order chi connectivity index (χ0) is 15.2. The van der Waals surface area contributed by atoms with Gasteiger partial charge in [0.15, 0.2) is 5.65 Å². The quantitative estimate of drug-likeness (QED) is 0.642. The summed E-state index contributed by atoms with van der Waals surface area (Å²) >= 11 is 5.89. The van der Waals surface area contributed by atoms with Crippen LogP contribution in [0.5, 0.6) is 0 Å². The van der Waals surface area contributed by atoms with Crippen molar-refractivity contribution in [1.29, 1.82) is 0 Å². The average molecular weight is 313 g/mol. The van der Waals surface area contributed by atoms with E-state index < -0.39 is 11.9 Å². The molecule has 8 heteroatoms. The van der Waals surface area contributed by atoms with Crippen molar-refractivity contribution in [3.8, 4) is 11.1 Å². The fraction of sp³-hybridized carbons (Fsp3) is 0.154. The highest BCUT2D eigenvalue weighted by molar-refractivity contribution is 6.29. The predicted octanol–water partition coefficient (Wildman–Crippen LogP) is 3.77. The third-order valence-corrected chi connectivity index (χ3v) is 3.23. The van der Waals surface area contributed by atoms with Gasteiger partial charge in [-0.2, -0.15) is 18.3 Å². The summed E-state index contributed by atoms with van der Waals surface area (Å²) in [6, 6.07) is 4.17. The fourth-order valence-electron chi connectivity index (χ4n) is 2.08. The smallest absolute Gasteiger partial charge is 0.264 e. The van der Waals surface area contributed by atoms with Gasteiger partial charge in [0.05, 0.1) is 11.3 Å². The molecule has 3 rings (SSSR count). The maximum Gasteiger partial charge on any atom is 0.433 e. The molecule has 0 aromatic carbocycles. The molecule has 0 radical (unpaired) electrons. The Morgan fingerprint density at radius 3 is 2.67 bits per heavy atom. The average Bonchev–Trinajstić information content (AvgIpc) is 2.75. The standard InChI is InChI=1S/C13H8ClF3N4/c1-7-11(8-3-2-4-18-6-8)12-19-9(13(15,16)17)5-10(14)21(12)20-7/h2-6H,1H3. The summed E-state index contributed by atoms with van der Waals surface area (Å²) in [5.41, 5.74) is 0.645. The number of fused-ring (bicyclic) bond motifs is 1. The summed E-state index contributed by atoms with van der Waals surface area (Å²) in [5, 5.41) is 3.99. The lowest BCUT2D eigenvalue weighted by atomic mass is 10.1.